The Morgan fingerprint density at radius 1 is 1.05 bits per heavy atom. The number of anilines is 1. The van der Waals surface area contributed by atoms with E-state index < -0.39 is 18.0 Å². The average Bonchev–Trinajstić information content (AvgIpc) is 3.54. The molecule has 0 bridgehead atoms. The topological polar surface area (TPSA) is 97.0 Å². The maximum Gasteiger partial charge on any atom is 0.338 e. The fourth-order valence-electron chi connectivity index (χ4n) is 3.73. The van der Waals surface area contributed by atoms with Crippen LogP contribution < -0.4 is 5.32 Å². The first-order valence-electron chi connectivity index (χ1n) is 11.4. The minimum atomic E-state index is -0.990. The van der Waals surface area contributed by atoms with E-state index in [1.165, 1.54) is 11.3 Å². The quantitative estimate of drug-likeness (QED) is 0.208. The third-order valence-electron chi connectivity index (χ3n) is 5.62. The molecule has 2 aromatic heterocycles. The number of aromatic amines is 1. The SMILES string of the molecule is CCC(OC(=O)c1ccc2nc(-c3ccccc3)[nH]c2c1)C(=O)Nc1nc(-c2ccc(Cl)cc2Cl)cs1. The van der Waals surface area contributed by atoms with Gasteiger partial charge in [0.25, 0.3) is 5.91 Å². The van der Waals surface area contributed by atoms with Gasteiger partial charge in [-0.1, -0.05) is 60.5 Å². The van der Waals surface area contributed by atoms with Crippen LogP contribution in [0.4, 0.5) is 5.13 Å². The molecule has 0 spiro atoms. The molecule has 0 radical (unpaired) electrons. The van der Waals surface area contributed by atoms with Crippen LogP contribution in [-0.4, -0.2) is 32.9 Å². The zero-order valence-electron chi connectivity index (χ0n) is 19.5. The van der Waals surface area contributed by atoms with Crippen molar-refractivity contribution in [3.63, 3.8) is 0 Å². The van der Waals surface area contributed by atoms with Gasteiger partial charge < -0.3 is 9.72 Å². The second kappa shape index (κ2) is 10.7. The number of nitrogens with one attached hydrogen (secondary N) is 2. The van der Waals surface area contributed by atoms with Crippen LogP contribution in [0, 0.1) is 0 Å². The largest absolute Gasteiger partial charge is 0.449 e. The highest BCUT2D eigenvalue weighted by atomic mass is 35.5. The highest BCUT2D eigenvalue weighted by molar-refractivity contribution is 7.14. The lowest BCUT2D eigenvalue weighted by Crippen LogP contribution is -2.32. The summed E-state index contributed by atoms with van der Waals surface area (Å²) in [5.74, 6) is -0.366. The Morgan fingerprint density at radius 3 is 2.62 bits per heavy atom. The van der Waals surface area contributed by atoms with E-state index in [1.807, 2.05) is 30.3 Å². The van der Waals surface area contributed by atoms with E-state index in [1.54, 1.807) is 48.7 Å². The highest BCUT2D eigenvalue weighted by Gasteiger charge is 2.24. The lowest BCUT2D eigenvalue weighted by Gasteiger charge is -2.15. The normalized spacial score (nSPS) is 11.9. The van der Waals surface area contributed by atoms with Gasteiger partial charge in [0.05, 0.1) is 27.3 Å². The Kier molecular flexibility index (Phi) is 7.23. The molecule has 3 aromatic carbocycles. The molecule has 1 atom stereocenters. The number of fused-ring (bicyclic) bond motifs is 1. The number of halogens is 2. The van der Waals surface area contributed by atoms with Gasteiger partial charge in [-0.05, 0) is 42.8 Å². The summed E-state index contributed by atoms with van der Waals surface area (Å²) in [6.45, 7) is 1.77. The third kappa shape index (κ3) is 5.51. The van der Waals surface area contributed by atoms with Crippen molar-refractivity contribution in [3.8, 4) is 22.6 Å². The van der Waals surface area contributed by atoms with Crippen LogP contribution in [0.3, 0.4) is 0 Å². The van der Waals surface area contributed by atoms with Crippen molar-refractivity contribution in [1.29, 1.82) is 0 Å². The summed E-state index contributed by atoms with van der Waals surface area (Å²) in [5.41, 5.74) is 3.98. The first kappa shape index (κ1) is 25.0. The van der Waals surface area contributed by atoms with Crippen LogP contribution in [-0.2, 0) is 9.53 Å². The van der Waals surface area contributed by atoms with Gasteiger partial charge >= 0.3 is 5.97 Å². The summed E-state index contributed by atoms with van der Waals surface area (Å²) in [7, 11) is 0. The molecule has 0 saturated carbocycles. The molecular weight excluding hydrogens is 531 g/mol. The number of hydrogen-bond acceptors (Lipinski definition) is 6. The van der Waals surface area contributed by atoms with Crippen molar-refractivity contribution in [3.05, 3.63) is 87.7 Å². The number of imidazole rings is 1. The summed E-state index contributed by atoms with van der Waals surface area (Å²) < 4.78 is 5.54. The van der Waals surface area contributed by atoms with Crippen molar-refractivity contribution in [2.24, 2.45) is 0 Å². The van der Waals surface area contributed by atoms with Gasteiger partial charge in [-0.2, -0.15) is 0 Å². The Balaban J connectivity index is 1.27. The second-order valence-electron chi connectivity index (χ2n) is 8.14. The third-order valence-corrected chi connectivity index (χ3v) is 6.92. The van der Waals surface area contributed by atoms with E-state index in [0.717, 1.165) is 11.1 Å². The monoisotopic (exact) mass is 550 g/mol. The summed E-state index contributed by atoms with van der Waals surface area (Å²) in [6.07, 6.45) is -0.695. The first-order chi connectivity index (χ1) is 17.9. The van der Waals surface area contributed by atoms with Crippen molar-refractivity contribution < 1.29 is 14.3 Å². The molecule has 5 rings (SSSR count). The summed E-state index contributed by atoms with van der Waals surface area (Å²) in [6, 6.07) is 19.9. The molecule has 0 aliphatic heterocycles. The van der Waals surface area contributed by atoms with Crippen molar-refractivity contribution >= 4 is 62.6 Å². The van der Waals surface area contributed by atoms with E-state index in [-0.39, 0.29) is 0 Å². The van der Waals surface area contributed by atoms with E-state index in [9.17, 15) is 9.59 Å². The zero-order valence-corrected chi connectivity index (χ0v) is 21.8. The minimum Gasteiger partial charge on any atom is -0.449 e. The predicted molar refractivity (Wildman–Crippen MR) is 147 cm³/mol. The molecule has 0 aliphatic rings. The number of H-pyrrole nitrogens is 1. The molecule has 0 saturated heterocycles. The minimum absolute atomic E-state index is 0.295. The van der Waals surface area contributed by atoms with Gasteiger partial charge in [0.15, 0.2) is 11.2 Å². The summed E-state index contributed by atoms with van der Waals surface area (Å²) >= 11 is 13.5. The fraction of sp³-hybridized carbons (Fsp3) is 0.111. The number of benzene rings is 3. The number of carbonyl (C=O) groups excluding carboxylic acids is 2. The number of thiazole rings is 1. The molecule has 2 N–H and O–H groups in total. The number of carbonyl (C=O) groups is 2. The number of nitrogens with zero attached hydrogens (tertiary/aromatic N) is 2. The Labute approximate surface area is 226 Å². The van der Waals surface area contributed by atoms with Crippen LogP contribution in [0.15, 0.2) is 72.1 Å². The summed E-state index contributed by atoms with van der Waals surface area (Å²) in [5, 5.41) is 5.86. The van der Waals surface area contributed by atoms with E-state index in [2.05, 4.69) is 20.3 Å². The van der Waals surface area contributed by atoms with Gasteiger partial charge in [-0.25, -0.2) is 14.8 Å². The van der Waals surface area contributed by atoms with Gasteiger partial charge in [-0.15, -0.1) is 11.3 Å². The first-order valence-corrected chi connectivity index (χ1v) is 13.0. The molecule has 37 heavy (non-hydrogen) atoms. The molecule has 5 aromatic rings. The molecule has 2 heterocycles. The van der Waals surface area contributed by atoms with Crippen LogP contribution in [0.2, 0.25) is 10.0 Å². The zero-order chi connectivity index (χ0) is 25.9. The van der Waals surface area contributed by atoms with Gasteiger partial charge in [0, 0.05) is 21.5 Å². The Hall–Kier alpha value is -3.72. The Bertz CT molecular complexity index is 1600. The van der Waals surface area contributed by atoms with E-state index in [0.29, 0.717) is 49.8 Å². The second-order valence-corrected chi connectivity index (χ2v) is 9.84. The summed E-state index contributed by atoms with van der Waals surface area (Å²) in [4.78, 5) is 38.0. The van der Waals surface area contributed by atoms with Crippen LogP contribution in [0.1, 0.15) is 23.7 Å². The van der Waals surface area contributed by atoms with Crippen molar-refractivity contribution in [2.75, 3.05) is 5.32 Å². The smallest absolute Gasteiger partial charge is 0.338 e. The number of aromatic nitrogens is 3. The lowest BCUT2D eigenvalue weighted by atomic mass is 10.2. The van der Waals surface area contributed by atoms with E-state index >= 15 is 0 Å². The fourth-order valence-corrected chi connectivity index (χ4v) is 4.95. The molecule has 7 nitrogen and oxygen atoms in total. The number of hydrogen-bond donors (Lipinski definition) is 2. The van der Waals surface area contributed by atoms with Crippen LogP contribution >= 0.6 is 34.5 Å². The molecule has 1 unspecified atom stereocenters. The van der Waals surface area contributed by atoms with Gasteiger partial charge in [0.2, 0.25) is 0 Å². The lowest BCUT2D eigenvalue weighted by molar-refractivity contribution is -0.124. The number of rotatable bonds is 7. The van der Waals surface area contributed by atoms with Crippen LogP contribution in [0.25, 0.3) is 33.7 Å². The molecule has 186 valence electrons. The van der Waals surface area contributed by atoms with E-state index in [4.69, 9.17) is 27.9 Å². The Morgan fingerprint density at radius 2 is 1.86 bits per heavy atom. The molecule has 0 fully saturated rings. The standard InChI is InChI=1S/C27H20Cl2N4O3S/c1-2-23(25(34)33-27-32-22(14-37-27)18-10-9-17(28)13-19(18)29)36-26(35)16-8-11-20-21(12-16)31-24(30-20)15-6-4-3-5-7-15/h3-14,23H,2H2,1H3,(H,30,31)(H,32,33,34). The number of ether oxygens (including phenoxy) is 1. The average molecular weight is 551 g/mol. The maximum absolute atomic E-state index is 12.9. The molecule has 10 heteroatoms. The van der Waals surface area contributed by atoms with Crippen molar-refractivity contribution in [1.82, 2.24) is 15.0 Å². The van der Waals surface area contributed by atoms with Gasteiger partial charge in [0.1, 0.15) is 5.82 Å². The number of amides is 1. The van der Waals surface area contributed by atoms with Crippen molar-refractivity contribution in [2.45, 2.75) is 19.4 Å². The predicted octanol–water partition coefficient (Wildman–Crippen LogP) is 7.23. The van der Waals surface area contributed by atoms with Gasteiger partial charge in [-0.3, -0.25) is 10.1 Å². The number of esters is 1. The highest BCUT2D eigenvalue weighted by Crippen LogP contribution is 2.32. The van der Waals surface area contributed by atoms with Crippen LogP contribution in [0.5, 0.6) is 0 Å². The molecule has 1 amide bonds. The molecule has 0 aliphatic carbocycles. The molecular formula is C27H20Cl2N4O3S. The maximum atomic E-state index is 12.9.